The largest absolute Gasteiger partial charge is 0.390 e. The summed E-state index contributed by atoms with van der Waals surface area (Å²) in [5.41, 5.74) is -0.406. The van der Waals surface area contributed by atoms with Crippen LogP contribution in [0.3, 0.4) is 0 Å². The summed E-state index contributed by atoms with van der Waals surface area (Å²) in [4.78, 5) is 0. The lowest BCUT2D eigenvalue weighted by atomic mass is 9.65. The molecule has 72 valence electrons. The van der Waals surface area contributed by atoms with Crippen molar-refractivity contribution in [3.8, 4) is 0 Å². The number of hydrogen-bond acceptors (Lipinski definition) is 1. The van der Waals surface area contributed by atoms with Crippen LogP contribution >= 0.6 is 11.6 Å². The van der Waals surface area contributed by atoms with Gasteiger partial charge >= 0.3 is 0 Å². The molecule has 0 bridgehead atoms. The summed E-state index contributed by atoms with van der Waals surface area (Å²) >= 11 is 6.18. The molecule has 12 heavy (non-hydrogen) atoms. The molecule has 1 rings (SSSR count). The van der Waals surface area contributed by atoms with Gasteiger partial charge in [0.25, 0.3) is 0 Å². The van der Waals surface area contributed by atoms with Gasteiger partial charge in [-0.15, -0.1) is 11.6 Å². The van der Waals surface area contributed by atoms with Crippen molar-refractivity contribution < 1.29 is 5.11 Å². The van der Waals surface area contributed by atoms with Gasteiger partial charge in [-0.2, -0.15) is 0 Å². The third-order valence-corrected chi connectivity index (χ3v) is 3.64. The maximum Gasteiger partial charge on any atom is 0.0664 e. The van der Waals surface area contributed by atoms with E-state index in [1.807, 2.05) is 13.8 Å². The third-order valence-electron chi connectivity index (χ3n) is 3.11. The van der Waals surface area contributed by atoms with E-state index in [0.717, 1.165) is 12.8 Å². The predicted octanol–water partition coefficient (Wildman–Crippen LogP) is 2.80. The average Bonchev–Trinajstić information content (AvgIpc) is 1.79. The molecule has 0 heterocycles. The van der Waals surface area contributed by atoms with Crippen molar-refractivity contribution in [1.82, 2.24) is 0 Å². The molecule has 1 saturated carbocycles. The van der Waals surface area contributed by atoms with Gasteiger partial charge in [0.2, 0.25) is 0 Å². The lowest BCUT2D eigenvalue weighted by Crippen LogP contribution is -2.48. The molecule has 0 radical (unpaired) electrons. The third kappa shape index (κ3) is 1.94. The summed E-state index contributed by atoms with van der Waals surface area (Å²) in [6, 6.07) is 0. The highest BCUT2D eigenvalue weighted by atomic mass is 35.5. The first-order chi connectivity index (χ1) is 5.25. The molecule has 0 unspecified atom stereocenters. The van der Waals surface area contributed by atoms with Crippen LogP contribution < -0.4 is 0 Å². The fourth-order valence-electron chi connectivity index (χ4n) is 2.30. The Kier molecular flexibility index (Phi) is 2.48. The van der Waals surface area contributed by atoms with Gasteiger partial charge < -0.3 is 5.11 Å². The fraction of sp³-hybridized carbons (Fsp3) is 1.00. The van der Waals surface area contributed by atoms with Crippen LogP contribution in [0, 0.1) is 11.3 Å². The van der Waals surface area contributed by atoms with Gasteiger partial charge in [-0.1, -0.05) is 20.8 Å². The molecule has 1 aliphatic rings. The first-order valence-electron chi connectivity index (χ1n) is 4.61. The Morgan fingerprint density at radius 2 is 1.83 bits per heavy atom. The first kappa shape index (κ1) is 10.3. The van der Waals surface area contributed by atoms with Crippen LogP contribution in [-0.2, 0) is 0 Å². The molecule has 0 aromatic carbocycles. The Labute approximate surface area is 80.1 Å². The summed E-state index contributed by atoms with van der Waals surface area (Å²) in [6.07, 6.45) is 1.86. The molecular weight excluding hydrogens is 172 g/mol. The van der Waals surface area contributed by atoms with E-state index in [2.05, 4.69) is 13.8 Å². The molecule has 3 atom stereocenters. The zero-order chi connectivity index (χ0) is 9.57. The Morgan fingerprint density at radius 1 is 1.33 bits per heavy atom. The van der Waals surface area contributed by atoms with Gasteiger partial charge in [0.15, 0.2) is 0 Å². The fourth-order valence-corrected chi connectivity index (χ4v) is 2.99. The van der Waals surface area contributed by atoms with Gasteiger partial charge in [-0.05, 0) is 25.2 Å². The number of hydrogen-bond donors (Lipinski definition) is 1. The summed E-state index contributed by atoms with van der Waals surface area (Å²) in [5, 5.41) is 10.2. The highest BCUT2D eigenvalue weighted by Gasteiger charge is 2.44. The van der Waals surface area contributed by atoms with Gasteiger partial charge in [0.05, 0.1) is 5.60 Å². The second-order valence-corrected chi connectivity index (χ2v) is 5.77. The molecule has 0 aromatic rings. The maximum absolute atomic E-state index is 10.1. The molecule has 0 spiro atoms. The molecule has 0 aromatic heterocycles. The summed E-state index contributed by atoms with van der Waals surface area (Å²) in [7, 11) is 0. The standard InChI is InChI=1S/C10H19ClO/c1-7-8(11)5-9(2,3)6-10(7,4)12/h7-8,12H,5-6H2,1-4H3/t7-,8+,10-/m1/s1. The van der Waals surface area contributed by atoms with Crippen LogP contribution in [0.25, 0.3) is 0 Å². The van der Waals surface area contributed by atoms with Crippen molar-refractivity contribution in [2.24, 2.45) is 11.3 Å². The molecule has 0 saturated heterocycles. The van der Waals surface area contributed by atoms with Crippen LogP contribution in [0.15, 0.2) is 0 Å². The van der Waals surface area contributed by atoms with Crippen molar-refractivity contribution in [1.29, 1.82) is 0 Å². The lowest BCUT2D eigenvalue weighted by Gasteiger charge is -2.46. The van der Waals surface area contributed by atoms with E-state index in [-0.39, 0.29) is 16.7 Å². The Hall–Kier alpha value is 0.250. The van der Waals surface area contributed by atoms with Crippen molar-refractivity contribution in [3.05, 3.63) is 0 Å². The van der Waals surface area contributed by atoms with E-state index in [9.17, 15) is 5.11 Å². The van der Waals surface area contributed by atoms with Gasteiger partial charge in [-0.25, -0.2) is 0 Å². The summed E-state index contributed by atoms with van der Waals surface area (Å²) < 4.78 is 0. The molecule has 1 N–H and O–H groups in total. The Balaban J connectivity index is 2.80. The minimum absolute atomic E-state index is 0.115. The molecule has 2 heteroatoms. The zero-order valence-electron chi connectivity index (χ0n) is 8.39. The van der Waals surface area contributed by atoms with Crippen molar-refractivity contribution >= 4 is 11.6 Å². The predicted molar refractivity (Wildman–Crippen MR) is 52.4 cm³/mol. The van der Waals surface area contributed by atoms with Crippen LogP contribution in [0.5, 0.6) is 0 Å². The van der Waals surface area contributed by atoms with Crippen LogP contribution in [0.4, 0.5) is 0 Å². The topological polar surface area (TPSA) is 20.2 Å². The molecule has 1 nitrogen and oxygen atoms in total. The number of aliphatic hydroxyl groups is 1. The van der Waals surface area contributed by atoms with Crippen molar-refractivity contribution in [3.63, 3.8) is 0 Å². The highest BCUT2D eigenvalue weighted by molar-refractivity contribution is 6.20. The number of rotatable bonds is 0. The first-order valence-corrected chi connectivity index (χ1v) is 5.05. The molecule has 0 amide bonds. The SMILES string of the molecule is C[C@@H]1[C@@H](Cl)CC(C)(C)C[C@@]1(C)O. The normalized spacial score (nSPS) is 47.5. The van der Waals surface area contributed by atoms with Crippen LogP contribution in [-0.4, -0.2) is 16.1 Å². The van der Waals surface area contributed by atoms with Crippen molar-refractivity contribution in [2.75, 3.05) is 0 Å². The Bertz CT molecular complexity index is 175. The summed E-state index contributed by atoms with van der Waals surface area (Å²) in [6.45, 7) is 8.27. The minimum atomic E-state index is -0.589. The van der Waals surface area contributed by atoms with E-state index in [0.29, 0.717) is 0 Å². The van der Waals surface area contributed by atoms with Crippen LogP contribution in [0.1, 0.15) is 40.5 Å². The minimum Gasteiger partial charge on any atom is -0.390 e. The second-order valence-electron chi connectivity index (χ2n) is 5.21. The average molecular weight is 191 g/mol. The van der Waals surface area contributed by atoms with Crippen molar-refractivity contribution in [2.45, 2.75) is 51.5 Å². The van der Waals surface area contributed by atoms with E-state index in [1.165, 1.54) is 0 Å². The lowest BCUT2D eigenvalue weighted by molar-refractivity contribution is -0.0623. The van der Waals surface area contributed by atoms with Gasteiger partial charge in [0.1, 0.15) is 0 Å². The maximum atomic E-state index is 10.1. The van der Waals surface area contributed by atoms with E-state index in [4.69, 9.17) is 11.6 Å². The van der Waals surface area contributed by atoms with Gasteiger partial charge in [0, 0.05) is 11.3 Å². The number of alkyl halides is 1. The number of halogens is 1. The van der Waals surface area contributed by atoms with Crippen LogP contribution in [0.2, 0.25) is 0 Å². The monoisotopic (exact) mass is 190 g/mol. The highest BCUT2D eigenvalue weighted by Crippen LogP contribution is 2.45. The Morgan fingerprint density at radius 3 is 2.25 bits per heavy atom. The quantitative estimate of drug-likeness (QED) is 0.583. The van der Waals surface area contributed by atoms with Gasteiger partial charge in [-0.3, -0.25) is 0 Å². The smallest absolute Gasteiger partial charge is 0.0664 e. The zero-order valence-corrected chi connectivity index (χ0v) is 9.15. The summed E-state index contributed by atoms with van der Waals surface area (Å²) in [5.74, 6) is 0.201. The molecule has 0 aliphatic heterocycles. The molecule has 1 fully saturated rings. The molecular formula is C10H19ClO. The molecule has 1 aliphatic carbocycles. The van der Waals surface area contributed by atoms with E-state index in [1.54, 1.807) is 0 Å². The second kappa shape index (κ2) is 2.88. The van der Waals surface area contributed by atoms with E-state index >= 15 is 0 Å². The van der Waals surface area contributed by atoms with E-state index < -0.39 is 5.60 Å².